The summed E-state index contributed by atoms with van der Waals surface area (Å²) in [7, 11) is 1.57. The molecule has 0 aliphatic rings. The normalized spacial score (nSPS) is 10.6. The summed E-state index contributed by atoms with van der Waals surface area (Å²) in [6, 6.07) is 18.5. The van der Waals surface area contributed by atoms with E-state index in [9.17, 15) is 14.0 Å². The van der Waals surface area contributed by atoms with Gasteiger partial charge in [-0.2, -0.15) is 0 Å². The molecule has 0 saturated heterocycles. The van der Waals surface area contributed by atoms with Gasteiger partial charge in [-0.05, 0) is 36.2 Å². The van der Waals surface area contributed by atoms with Crippen molar-refractivity contribution >= 4 is 17.6 Å². The number of nitrogens with zero attached hydrogens (tertiary/aromatic N) is 2. The Balaban J connectivity index is 1.74. The van der Waals surface area contributed by atoms with Crippen LogP contribution in [-0.2, 0) is 22.6 Å². The molecular formula is C25H28FN3O4. The van der Waals surface area contributed by atoms with Crippen molar-refractivity contribution in [1.82, 2.24) is 9.80 Å². The molecule has 0 saturated carbocycles. The number of ether oxygens (including phenoxy) is 1. The highest BCUT2D eigenvalue weighted by atomic mass is 19.1. The molecular weight excluding hydrogens is 425 g/mol. The van der Waals surface area contributed by atoms with Crippen LogP contribution in [0.1, 0.15) is 17.7 Å². The molecule has 0 atom stereocenters. The largest absolute Gasteiger partial charge is 0.467 e. The van der Waals surface area contributed by atoms with E-state index in [1.54, 1.807) is 42.5 Å². The molecule has 1 aromatic heterocycles. The van der Waals surface area contributed by atoms with Crippen LogP contribution in [0.25, 0.3) is 0 Å². The van der Waals surface area contributed by atoms with Crippen LogP contribution >= 0.6 is 0 Å². The Labute approximate surface area is 192 Å². The number of rotatable bonds is 11. The first-order chi connectivity index (χ1) is 16.1. The maximum Gasteiger partial charge on any atom is 0.322 e. The molecule has 0 unspecified atom stereocenters. The Morgan fingerprint density at radius 3 is 2.42 bits per heavy atom. The van der Waals surface area contributed by atoms with Crippen LogP contribution in [0.3, 0.4) is 0 Å². The summed E-state index contributed by atoms with van der Waals surface area (Å²) >= 11 is 0. The number of para-hydroxylation sites is 1. The molecule has 33 heavy (non-hydrogen) atoms. The SMILES string of the molecule is COCCCN(CC(=O)N(Cc1ccccc1)Cc1ccco1)C(=O)Nc1ccccc1F. The van der Waals surface area contributed by atoms with Gasteiger partial charge in [-0.15, -0.1) is 0 Å². The summed E-state index contributed by atoms with van der Waals surface area (Å²) in [5.74, 6) is -0.157. The standard InChI is InChI=1S/C25H28FN3O4/c1-32-15-8-14-28(25(31)27-23-13-6-5-12-22(23)26)19-24(30)29(18-21-11-7-16-33-21)17-20-9-3-2-4-10-20/h2-7,9-13,16H,8,14-15,17-19H2,1H3,(H,27,31). The fraction of sp³-hybridized carbons (Fsp3) is 0.280. The molecule has 1 N–H and O–H groups in total. The Kier molecular flexibility index (Phi) is 9.02. The number of furan rings is 1. The van der Waals surface area contributed by atoms with Crippen LogP contribution in [0.2, 0.25) is 0 Å². The van der Waals surface area contributed by atoms with Crippen molar-refractivity contribution in [3.63, 3.8) is 0 Å². The Morgan fingerprint density at radius 2 is 1.73 bits per heavy atom. The molecule has 7 nitrogen and oxygen atoms in total. The number of halogens is 1. The van der Waals surface area contributed by atoms with Gasteiger partial charge in [0.05, 0.1) is 18.5 Å². The average Bonchev–Trinajstić information content (AvgIpc) is 3.33. The third-order valence-electron chi connectivity index (χ3n) is 5.00. The van der Waals surface area contributed by atoms with Gasteiger partial charge in [-0.25, -0.2) is 9.18 Å². The minimum absolute atomic E-state index is 0.0587. The van der Waals surface area contributed by atoms with Crippen molar-refractivity contribution in [3.8, 4) is 0 Å². The van der Waals surface area contributed by atoms with E-state index in [2.05, 4.69) is 5.32 Å². The average molecular weight is 454 g/mol. The van der Waals surface area contributed by atoms with E-state index in [1.807, 2.05) is 30.3 Å². The van der Waals surface area contributed by atoms with Crippen LogP contribution in [0.15, 0.2) is 77.4 Å². The van der Waals surface area contributed by atoms with Gasteiger partial charge in [0, 0.05) is 26.8 Å². The number of carbonyl (C=O) groups is 2. The van der Waals surface area contributed by atoms with Gasteiger partial charge < -0.3 is 24.3 Å². The molecule has 2 aromatic carbocycles. The van der Waals surface area contributed by atoms with Crippen molar-refractivity contribution in [2.45, 2.75) is 19.5 Å². The van der Waals surface area contributed by atoms with Crippen molar-refractivity contribution < 1.29 is 23.1 Å². The third kappa shape index (κ3) is 7.47. The zero-order valence-electron chi connectivity index (χ0n) is 18.6. The summed E-state index contributed by atoms with van der Waals surface area (Å²) in [5.41, 5.74) is 1.02. The summed E-state index contributed by atoms with van der Waals surface area (Å²) in [5, 5.41) is 2.56. The Hall–Kier alpha value is -3.65. The summed E-state index contributed by atoms with van der Waals surface area (Å²) in [6.45, 7) is 1.16. The minimum Gasteiger partial charge on any atom is -0.467 e. The fourth-order valence-corrected chi connectivity index (χ4v) is 3.30. The number of anilines is 1. The van der Waals surface area contributed by atoms with Gasteiger partial charge in [-0.1, -0.05) is 42.5 Å². The lowest BCUT2D eigenvalue weighted by molar-refractivity contribution is -0.133. The lowest BCUT2D eigenvalue weighted by Gasteiger charge is -2.27. The first-order valence-corrected chi connectivity index (χ1v) is 10.7. The molecule has 3 amide bonds. The predicted molar refractivity (Wildman–Crippen MR) is 123 cm³/mol. The number of methoxy groups -OCH3 is 1. The smallest absolute Gasteiger partial charge is 0.322 e. The van der Waals surface area contributed by atoms with Gasteiger partial charge in [0.1, 0.15) is 18.1 Å². The summed E-state index contributed by atoms with van der Waals surface area (Å²) < 4.78 is 24.5. The molecule has 0 fully saturated rings. The molecule has 0 aliphatic carbocycles. The second-order valence-electron chi connectivity index (χ2n) is 7.49. The number of carbonyl (C=O) groups excluding carboxylic acids is 2. The Morgan fingerprint density at radius 1 is 0.970 bits per heavy atom. The van der Waals surface area contributed by atoms with Crippen molar-refractivity contribution in [3.05, 3.63) is 90.1 Å². The van der Waals surface area contributed by atoms with Gasteiger partial charge in [-0.3, -0.25) is 4.79 Å². The van der Waals surface area contributed by atoms with Gasteiger partial charge >= 0.3 is 6.03 Å². The first-order valence-electron chi connectivity index (χ1n) is 10.7. The second kappa shape index (κ2) is 12.4. The topological polar surface area (TPSA) is 75.0 Å². The summed E-state index contributed by atoms with van der Waals surface area (Å²) in [6.07, 6.45) is 2.09. The van der Waals surface area contributed by atoms with E-state index in [0.29, 0.717) is 25.3 Å². The number of amides is 3. The number of urea groups is 1. The van der Waals surface area contributed by atoms with Gasteiger partial charge in [0.2, 0.25) is 5.91 Å². The highest BCUT2D eigenvalue weighted by Gasteiger charge is 2.23. The van der Waals surface area contributed by atoms with E-state index in [-0.39, 0.29) is 31.2 Å². The molecule has 8 heteroatoms. The number of benzene rings is 2. The highest BCUT2D eigenvalue weighted by molar-refractivity contribution is 5.92. The van der Waals surface area contributed by atoms with Gasteiger partial charge in [0.15, 0.2) is 0 Å². The maximum atomic E-state index is 14.0. The lowest BCUT2D eigenvalue weighted by atomic mass is 10.2. The molecule has 3 rings (SSSR count). The molecule has 0 spiro atoms. The molecule has 174 valence electrons. The van der Waals surface area contributed by atoms with Crippen LogP contribution < -0.4 is 5.32 Å². The van der Waals surface area contributed by atoms with Gasteiger partial charge in [0.25, 0.3) is 0 Å². The fourth-order valence-electron chi connectivity index (χ4n) is 3.30. The van der Waals surface area contributed by atoms with Crippen molar-refractivity contribution in [2.75, 3.05) is 32.1 Å². The Bertz CT molecular complexity index is 1010. The molecule has 0 bridgehead atoms. The van der Waals surface area contributed by atoms with E-state index in [0.717, 1.165) is 5.56 Å². The van der Waals surface area contributed by atoms with Crippen LogP contribution in [-0.4, -0.2) is 48.5 Å². The summed E-state index contributed by atoms with van der Waals surface area (Å²) in [4.78, 5) is 29.2. The monoisotopic (exact) mass is 453 g/mol. The zero-order valence-corrected chi connectivity index (χ0v) is 18.6. The molecule has 0 aliphatic heterocycles. The minimum atomic E-state index is -0.554. The predicted octanol–water partition coefficient (Wildman–Crippen LogP) is 4.52. The lowest BCUT2D eigenvalue weighted by Crippen LogP contribution is -2.44. The molecule has 3 aromatic rings. The van der Waals surface area contributed by atoms with Crippen molar-refractivity contribution in [1.29, 1.82) is 0 Å². The number of nitrogens with one attached hydrogen (secondary N) is 1. The van der Waals surface area contributed by atoms with Crippen LogP contribution in [0, 0.1) is 5.82 Å². The number of hydrogen-bond acceptors (Lipinski definition) is 4. The first kappa shape index (κ1) is 24.0. The van der Waals surface area contributed by atoms with E-state index >= 15 is 0 Å². The molecule has 1 heterocycles. The molecule has 0 radical (unpaired) electrons. The van der Waals surface area contributed by atoms with E-state index in [4.69, 9.17) is 9.15 Å². The van der Waals surface area contributed by atoms with Crippen LogP contribution in [0.4, 0.5) is 14.9 Å². The van der Waals surface area contributed by atoms with Crippen LogP contribution in [0.5, 0.6) is 0 Å². The maximum absolute atomic E-state index is 14.0. The van der Waals surface area contributed by atoms with E-state index < -0.39 is 11.8 Å². The number of hydrogen-bond donors (Lipinski definition) is 1. The van der Waals surface area contributed by atoms with E-state index in [1.165, 1.54) is 17.0 Å². The van der Waals surface area contributed by atoms with Crippen molar-refractivity contribution in [2.24, 2.45) is 0 Å². The quantitative estimate of drug-likeness (QED) is 0.433. The second-order valence-corrected chi connectivity index (χ2v) is 7.49. The highest BCUT2D eigenvalue weighted by Crippen LogP contribution is 2.15. The third-order valence-corrected chi connectivity index (χ3v) is 5.00. The zero-order chi connectivity index (χ0) is 23.5.